The van der Waals surface area contributed by atoms with Gasteiger partial charge in [0.15, 0.2) is 5.69 Å². The second-order valence-electron chi connectivity index (χ2n) is 9.70. The van der Waals surface area contributed by atoms with Crippen molar-refractivity contribution < 1.29 is 42.2 Å². The van der Waals surface area contributed by atoms with E-state index in [1.165, 1.54) is 44.5 Å². The fraction of sp³-hybridized carbons (Fsp3) is 0.296. The molecule has 0 saturated carbocycles. The molecule has 18 heteroatoms. The summed E-state index contributed by atoms with van der Waals surface area (Å²) in [5.74, 6) is -1.49. The fourth-order valence-corrected chi connectivity index (χ4v) is 4.96. The van der Waals surface area contributed by atoms with Crippen molar-refractivity contribution in [2.75, 3.05) is 31.4 Å². The number of aryl methyl sites for hydroxylation is 2. The lowest BCUT2D eigenvalue weighted by molar-refractivity contribution is -0.137. The van der Waals surface area contributed by atoms with Crippen LogP contribution in [0.1, 0.15) is 33.7 Å². The van der Waals surface area contributed by atoms with Crippen molar-refractivity contribution in [2.45, 2.75) is 32.2 Å². The second kappa shape index (κ2) is 13.6. The summed E-state index contributed by atoms with van der Waals surface area (Å²) in [5.41, 5.74) is 0.526. The maximum atomic E-state index is 14.0. The SMILES string of the molecule is CNC(=O)c1nc(-c2cn(CCCO)nc2C)ccc1Nc1nc(Nc2ccc(CP(=O)(O)O)cc2OC)ncc1C(F)(F)F. The number of methoxy groups -OCH3 is 1. The average Bonchev–Trinajstić information content (AvgIpc) is 3.35. The van der Waals surface area contributed by atoms with E-state index in [9.17, 15) is 32.3 Å². The highest BCUT2D eigenvalue weighted by Gasteiger charge is 2.36. The zero-order chi connectivity index (χ0) is 32.9. The third kappa shape index (κ3) is 8.33. The molecule has 0 aliphatic carbocycles. The largest absolute Gasteiger partial charge is 0.495 e. The molecule has 0 aliphatic rings. The first kappa shape index (κ1) is 33.3. The lowest BCUT2D eigenvalue weighted by Crippen LogP contribution is -2.21. The summed E-state index contributed by atoms with van der Waals surface area (Å²) in [6.07, 6.45) is -2.67. The Labute approximate surface area is 254 Å². The van der Waals surface area contributed by atoms with E-state index >= 15 is 0 Å². The van der Waals surface area contributed by atoms with Crippen molar-refractivity contribution in [3.8, 4) is 17.0 Å². The number of aliphatic hydroxyl groups is 1. The topological polar surface area (TPSA) is 197 Å². The van der Waals surface area contributed by atoms with Crippen LogP contribution in [-0.2, 0) is 23.4 Å². The van der Waals surface area contributed by atoms with E-state index in [-0.39, 0.29) is 40.9 Å². The van der Waals surface area contributed by atoms with Gasteiger partial charge in [0.25, 0.3) is 5.91 Å². The first-order valence-corrected chi connectivity index (χ1v) is 15.1. The van der Waals surface area contributed by atoms with Crippen LogP contribution >= 0.6 is 7.60 Å². The Balaban J connectivity index is 1.71. The zero-order valence-corrected chi connectivity index (χ0v) is 25.1. The van der Waals surface area contributed by atoms with E-state index in [2.05, 4.69) is 36.0 Å². The number of aliphatic hydroxyl groups excluding tert-OH is 1. The number of hydrogen-bond acceptors (Lipinski definition) is 10. The third-order valence-corrected chi connectivity index (χ3v) is 7.13. The van der Waals surface area contributed by atoms with Gasteiger partial charge in [0.1, 0.15) is 17.1 Å². The molecule has 4 aromatic rings. The molecule has 4 rings (SSSR count). The summed E-state index contributed by atoms with van der Waals surface area (Å²) in [6.45, 7) is 2.17. The number of pyridine rings is 1. The van der Waals surface area contributed by atoms with E-state index in [0.29, 0.717) is 36.1 Å². The molecule has 45 heavy (non-hydrogen) atoms. The number of hydrogen-bond donors (Lipinski definition) is 6. The monoisotopic (exact) mass is 650 g/mol. The Hall–Kier alpha value is -4.57. The van der Waals surface area contributed by atoms with Crippen molar-refractivity contribution in [1.29, 1.82) is 0 Å². The smallest absolute Gasteiger partial charge is 0.421 e. The highest BCUT2D eigenvalue weighted by molar-refractivity contribution is 7.50. The zero-order valence-electron chi connectivity index (χ0n) is 24.3. The van der Waals surface area contributed by atoms with Crippen LogP contribution in [0.4, 0.5) is 36.3 Å². The standard InChI is InChI=1S/C27H30F3N8O6P/c1-15-17(13-38(37-15)9-4-10-39)19-7-8-21(23(33-19)25(40)31-2)34-24-18(27(28,29)30)12-32-26(36-24)35-20-6-5-16(11-22(20)44-3)14-45(41,42)43/h5-8,11-13,39H,4,9-10,14H2,1-3H3,(H,31,40)(H2,41,42,43)(H2,32,34,35,36). The molecule has 0 atom stereocenters. The van der Waals surface area contributed by atoms with Gasteiger partial charge >= 0.3 is 13.8 Å². The van der Waals surface area contributed by atoms with Gasteiger partial charge in [0.05, 0.1) is 36.0 Å². The van der Waals surface area contributed by atoms with Gasteiger partial charge in [-0.3, -0.25) is 14.0 Å². The summed E-state index contributed by atoms with van der Waals surface area (Å²) >= 11 is 0. The summed E-state index contributed by atoms with van der Waals surface area (Å²) in [4.78, 5) is 43.6. The molecule has 14 nitrogen and oxygen atoms in total. The first-order chi connectivity index (χ1) is 21.2. The number of nitrogens with zero attached hydrogens (tertiary/aromatic N) is 5. The van der Waals surface area contributed by atoms with E-state index in [1.807, 2.05) is 0 Å². The van der Waals surface area contributed by atoms with E-state index < -0.39 is 37.2 Å². The van der Waals surface area contributed by atoms with E-state index in [0.717, 1.165) is 0 Å². The first-order valence-electron chi connectivity index (χ1n) is 13.3. The maximum Gasteiger partial charge on any atom is 0.421 e. The summed E-state index contributed by atoms with van der Waals surface area (Å²) in [6, 6.07) is 7.11. The Morgan fingerprint density at radius 2 is 1.84 bits per heavy atom. The number of halogens is 3. The molecule has 0 unspecified atom stereocenters. The van der Waals surface area contributed by atoms with Gasteiger partial charge in [0.2, 0.25) is 5.95 Å². The Morgan fingerprint density at radius 1 is 1.11 bits per heavy atom. The number of anilines is 4. The Kier molecular flexibility index (Phi) is 10.1. The molecule has 3 aromatic heterocycles. The van der Waals surface area contributed by atoms with Gasteiger partial charge in [-0.15, -0.1) is 0 Å². The minimum absolute atomic E-state index is 0.0208. The highest BCUT2D eigenvalue weighted by atomic mass is 31.2. The van der Waals surface area contributed by atoms with Crippen molar-refractivity contribution in [2.24, 2.45) is 0 Å². The maximum absolute atomic E-state index is 14.0. The fourth-order valence-electron chi connectivity index (χ4n) is 4.29. The highest BCUT2D eigenvalue weighted by Crippen LogP contribution is 2.41. The minimum atomic E-state index is -4.87. The van der Waals surface area contributed by atoms with Gasteiger partial charge in [-0.2, -0.15) is 23.3 Å². The number of aromatic nitrogens is 5. The molecule has 240 valence electrons. The molecular weight excluding hydrogens is 620 g/mol. The number of carbonyl (C=O) groups is 1. The van der Waals surface area contributed by atoms with Gasteiger partial charge < -0.3 is 35.6 Å². The number of amides is 1. The van der Waals surface area contributed by atoms with Crippen molar-refractivity contribution in [1.82, 2.24) is 30.0 Å². The molecular formula is C27H30F3N8O6P. The molecule has 0 saturated heterocycles. The number of ether oxygens (including phenoxy) is 1. The lowest BCUT2D eigenvalue weighted by atomic mass is 10.1. The van der Waals surface area contributed by atoms with Crippen LogP contribution in [0.2, 0.25) is 0 Å². The van der Waals surface area contributed by atoms with E-state index in [1.54, 1.807) is 17.8 Å². The van der Waals surface area contributed by atoms with Crippen molar-refractivity contribution in [3.05, 3.63) is 65.2 Å². The molecule has 0 fully saturated rings. The molecule has 1 aromatic carbocycles. The number of carbonyl (C=O) groups excluding carboxylic acids is 1. The van der Waals surface area contributed by atoms with Crippen molar-refractivity contribution >= 4 is 36.6 Å². The number of alkyl halides is 3. The summed E-state index contributed by atoms with van der Waals surface area (Å²) in [7, 11) is -1.70. The van der Waals surface area contributed by atoms with Gasteiger partial charge in [-0.25, -0.2) is 9.97 Å². The minimum Gasteiger partial charge on any atom is -0.495 e. The number of rotatable bonds is 12. The molecule has 3 heterocycles. The Morgan fingerprint density at radius 3 is 2.49 bits per heavy atom. The van der Waals surface area contributed by atoms with Gasteiger partial charge in [0, 0.05) is 38.2 Å². The predicted octanol–water partition coefficient (Wildman–Crippen LogP) is 3.98. The van der Waals surface area contributed by atoms with Crippen LogP contribution in [0, 0.1) is 6.92 Å². The van der Waals surface area contributed by atoms with Crippen LogP contribution in [0.15, 0.2) is 42.7 Å². The van der Waals surface area contributed by atoms with Gasteiger partial charge in [-0.05, 0) is 43.2 Å². The molecule has 0 spiro atoms. The normalized spacial score (nSPS) is 11.8. The number of benzene rings is 1. The summed E-state index contributed by atoms with van der Waals surface area (Å²) in [5, 5.41) is 21.3. The van der Waals surface area contributed by atoms with Crippen molar-refractivity contribution in [3.63, 3.8) is 0 Å². The average molecular weight is 651 g/mol. The van der Waals surface area contributed by atoms with Crippen LogP contribution in [-0.4, -0.2) is 66.3 Å². The predicted molar refractivity (Wildman–Crippen MR) is 158 cm³/mol. The molecule has 1 amide bonds. The van der Waals surface area contributed by atoms with E-state index in [4.69, 9.17) is 9.84 Å². The molecule has 0 bridgehead atoms. The molecule has 0 aliphatic heterocycles. The summed E-state index contributed by atoms with van der Waals surface area (Å²) < 4.78 is 60.3. The second-order valence-corrected chi connectivity index (χ2v) is 11.3. The Bertz CT molecular complexity index is 1740. The van der Waals surface area contributed by atoms with Gasteiger partial charge in [-0.1, -0.05) is 6.07 Å². The lowest BCUT2D eigenvalue weighted by Gasteiger charge is -2.17. The molecule has 0 radical (unpaired) electrons. The molecule has 6 N–H and O–H groups in total. The van der Waals surface area contributed by atoms with Crippen LogP contribution in [0.3, 0.4) is 0 Å². The van der Waals surface area contributed by atoms with Crippen LogP contribution in [0.5, 0.6) is 5.75 Å². The van der Waals surface area contributed by atoms with Crippen LogP contribution in [0.25, 0.3) is 11.3 Å². The number of nitrogens with one attached hydrogen (secondary N) is 3. The van der Waals surface area contributed by atoms with Crippen LogP contribution < -0.4 is 20.7 Å². The third-order valence-electron chi connectivity index (χ3n) is 6.35. The quantitative estimate of drug-likeness (QED) is 0.121.